The molecule has 0 bridgehead atoms. The van der Waals surface area contributed by atoms with E-state index in [1.54, 1.807) is 6.07 Å². The molecule has 0 unspecified atom stereocenters. The second-order valence-electron chi connectivity index (χ2n) is 3.82. The lowest BCUT2D eigenvalue weighted by atomic mass is 10.2. The van der Waals surface area contributed by atoms with Crippen molar-refractivity contribution in [3.05, 3.63) is 56.6 Å². The lowest BCUT2D eigenvalue weighted by Gasteiger charge is -2.08. The van der Waals surface area contributed by atoms with E-state index in [9.17, 15) is 14.9 Å². The second-order valence-corrected chi connectivity index (χ2v) is 4.67. The van der Waals surface area contributed by atoms with Crippen LogP contribution in [0, 0.1) is 10.1 Å². The monoisotopic (exact) mass is 324 g/mol. The predicted octanol–water partition coefficient (Wildman–Crippen LogP) is 4.66. The highest BCUT2D eigenvalue weighted by molar-refractivity contribution is 6.35. The number of aliphatic imine (C=N–C) groups is 1. The van der Waals surface area contributed by atoms with Gasteiger partial charge in [0.05, 0.1) is 21.7 Å². The summed E-state index contributed by atoms with van der Waals surface area (Å²) in [7, 11) is 0. The van der Waals surface area contributed by atoms with Crippen LogP contribution in [0.4, 0.5) is 11.4 Å². The van der Waals surface area contributed by atoms with Crippen LogP contribution in [0.1, 0.15) is 0 Å². The summed E-state index contributed by atoms with van der Waals surface area (Å²) in [5.74, 6) is 0.380. The van der Waals surface area contributed by atoms with Gasteiger partial charge in [0.15, 0.2) is 0 Å². The average molecular weight is 325 g/mol. The van der Waals surface area contributed by atoms with Crippen LogP contribution in [-0.4, -0.2) is 11.0 Å². The SMILES string of the molecule is O=C=Nc1cc(Oc2ccc(Cl)cc2Cl)cc([N+](=O)[O-])c1. The van der Waals surface area contributed by atoms with Crippen molar-refractivity contribution in [2.45, 2.75) is 0 Å². The molecule has 0 saturated heterocycles. The molecule has 0 amide bonds. The van der Waals surface area contributed by atoms with Crippen molar-refractivity contribution >= 4 is 40.7 Å². The van der Waals surface area contributed by atoms with E-state index in [1.165, 1.54) is 30.3 Å². The number of nitrogens with zero attached hydrogens (tertiary/aromatic N) is 2. The number of rotatable bonds is 4. The van der Waals surface area contributed by atoms with Gasteiger partial charge in [-0.05, 0) is 18.2 Å². The number of hydrogen-bond donors (Lipinski definition) is 0. The van der Waals surface area contributed by atoms with Crippen LogP contribution in [-0.2, 0) is 4.79 Å². The molecule has 0 atom stereocenters. The predicted molar refractivity (Wildman–Crippen MR) is 77.4 cm³/mol. The van der Waals surface area contributed by atoms with Crippen LogP contribution < -0.4 is 4.74 Å². The van der Waals surface area contributed by atoms with Crippen molar-refractivity contribution in [1.29, 1.82) is 0 Å². The summed E-state index contributed by atoms with van der Waals surface area (Å²) in [4.78, 5) is 23.8. The van der Waals surface area contributed by atoms with Crippen LogP contribution in [0.2, 0.25) is 10.0 Å². The molecule has 106 valence electrons. The van der Waals surface area contributed by atoms with Gasteiger partial charge in [-0.25, -0.2) is 4.79 Å². The molecule has 6 nitrogen and oxygen atoms in total. The number of carbonyl (C=O) groups excluding carboxylic acids is 1. The molecule has 0 saturated carbocycles. The molecule has 0 aliphatic heterocycles. The number of isocyanates is 1. The molecule has 0 aliphatic rings. The van der Waals surface area contributed by atoms with E-state index in [1.807, 2.05) is 0 Å². The highest BCUT2D eigenvalue weighted by Crippen LogP contribution is 2.35. The van der Waals surface area contributed by atoms with Gasteiger partial charge in [-0.2, -0.15) is 4.99 Å². The number of nitro benzene ring substituents is 1. The zero-order valence-electron chi connectivity index (χ0n) is 10.2. The third kappa shape index (κ3) is 3.79. The highest BCUT2D eigenvalue weighted by Gasteiger charge is 2.12. The summed E-state index contributed by atoms with van der Waals surface area (Å²) >= 11 is 11.7. The van der Waals surface area contributed by atoms with Crippen molar-refractivity contribution in [3.8, 4) is 11.5 Å². The normalized spacial score (nSPS) is 9.81. The smallest absolute Gasteiger partial charge is 0.275 e. The summed E-state index contributed by atoms with van der Waals surface area (Å²) in [5.41, 5.74) is -0.217. The van der Waals surface area contributed by atoms with E-state index in [-0.39, 0.29) is 27.9 Å². The summed E-state index contributed by atoms with van der Waals surface area (Å²) in [5, 5.41) is 11.5. The molecule has 2 rings (SSSR count). The number of nitro groups is 1. The zero-order chi connectivity index (χ0) is 15.4. The van der Waals surface area contributed by atoms with Crippen molar-refractivity contribution in [1.82, 2.24) is 0 Å². The first kappa shape index (κ1) is 15.0. The average Bonchev–Trinajstić information content (AvgIpc) is 2.42. The first-order chi connectivity index (χ1) is 9.99. The Hall–Kier alpha value is -2.40. The summed E-state index contributed by atoms with van der Waals surface area (Å²) in [6.07, 6.45) is 1.31. The molecule has 2 aromatic carbocycles. The van der Waals surface area contributed by atoms with Crippen LogP contribution >= 0.6 is 23.2 Å². The Morgan fingerprint density at radius 3 is 2.57 bits per heavy atom. The van der Waals surface area contributed by atoms with Crippen LogP contribution in [0.3, 0.4) is 0 Å². The van der Waals surface area contributed by atoms with Gasteiger partial charge in [0.25, 0.3) is 5.69 Å². The van der Waals surface area contributed by atoms with Gasteiger partial charge in [-0.15, -0.1) is 0 Å². The minimum atomic E-state index is -0.625. The molecule has 0 aliphatic carbocycles. The van der Waals surface area contributed by atoms with E-state index in [2.05, 4.69) is 4.99 Å². The van der Waals surface area contributed by atoms with Gasteiger partial charge in [0.1, 0.15) is 11.5 Å². The maximum Gasteiger partial charge on any atom is 0.275 e. The highest BCUT2D eigenvalue weighted by atomic mass is 35.5. The molecule has 0 radical (unpaired) electrons. The molecule has 0 aromatic heterocycles. The first-order valence-corrected chi connectivity index (χ1v) is 6.25. The zero-order valence-corrected chi connectivity index (χ0v) is 11.8. The fourth-order valence-electron chi connectivity index (χ4n) is 1.53. The Morgan fingerprint density at radius 2 is 1.95 bits per heavy atom. The number of hydrogen-bond acceptors (Lipinski definition) is 5. The quantitative estimate of drug-likeness (QED) is 0.354. The minimum Gasteiger partial charge on any atom is -0.455 e. The van der Waals surface area contributed by atoms with Crippen LogP contribution in [0.5, 0.6) is 11.5 Å². The van der Waals surface area contributed by atoms with Crippen molar-refractivity contribution < 1.29 is 14.5 Å². The topological polar surface area (TPSA) is 81.8 Å². The fourth-order valence-corrected chi connectivity index (χ4v) is 1.98. The van der Waals surface area contributed by atoms with E-state index in [0.717, 1.165) is 6.07 Å². The van der Waals surface area contributed by atoms with Crippen molar-refractivity contribution in [2.24, 2.45) is 4.99 Å². The number of halogens is 2. The Kier molecular flexibility index (Phi) is 4.55. The lowest BCUT2D eigenvalue weighted by molar-refractivity contribution is -0.384. The molecular weight excluding hydrogens is 319 g/mol. The van der Waals surface area contributed by atoms with Gasteiger partial charge >= 0.3 is 0 Å². The Balaban J connectivity index is 2.43. The van der Waals surface area contributed by atoms with Crippen LogP contribution in [0.15, 0.2) is 41.4 Å². The molecule has 0 spiro atoms. The van der Waals surface area contributed by atoms with Crippen molar-refractivity contribution in [3.63, 3.8) is 0 Å². The van der Waals surface area contributed by atoms with Crippen LogP contribution in [0.25, 0.3) is 0 Å². The number of non-ortho nitro benzene ring substituents is 1. The standard InChI is InChI=1S/C13H6Cl2N2O4/c14-8-1-2-13(12(15)3-8)21-11-5-9(16-7-18)4-10(6-11)17(19)20/h1-6H. The minimum absolute atomic E-state index is 0.0549. The molecule has 21 heavy (non-hydrogen) atoms. The largest absolute Gasteiger partial charge is 0.455 e. The second kappa shape index (κ2) is 6.37. The van der Waals surface area contributed by atoms with Gasteiger partial charge in [0.2, 0.25) is 6.08 Å². The van der Waals surface area contributed by atoms with Gasteiger partial charge in [-0.3, -0.25) is 10.1 Å². The maximum absolute atomic E-state index is 10.8. The molecule has 8 heteroatoms. The Morgan fingerprint density at radius 1 is 1.19 bits per heavy atom. The fraction of sp³-hybridized carbons (Fsp3) is 0. The molecule has 0 fully saturated rings. The first-order valence-electron chi connectivity index (χ1n) is 5.50. The van der Waals surface area contributed by atoms with Crippen molar-refractivity contribution in [2.75, 3.05) is 0 Å². The third-order valence-corrected chi connectivity index (χ3v) is 2.91. The Bertz CT molecular complexity index is 738. The number of ether oxygens (including phenoxy) is 1. The molecular formula is C13H6Cl2N2O4. The van der Waals surface area contributed by atoms with E-state index in [0.29, 0.717) is 5.02 Å². The van der Waals surface area contributed by atoms with E-state index < -0.39 is 4.92 Å². The number of benzene rings is 2. The van der Waals surface area contributed by atoms with Gasteiger partial charge in [-0.1, -0.05) is 23.2 Å². The summed E-state index contributed by atoms with van der Waals surface area (Å²) < 4.78 is 5.46. The third-order valence-electron chi connectivity index (χ3n) is 2.38. The maximum atomic E-state index is 10.8. The van der Waals surface area contributed by atoms with E-state index in [4.69, 9.17) is 27.9 Å². The van der Waals surface area contributed by atoms with Gasteiger partial charge < -0.3 is 4.74 Å². The molecule has 2 aromatic rings. The Labute approximate surface area is 128 Å². The molecule has 0 heterocycles. The molecule has 0 N–H and O–H groups in total. The summed E-state index contributed by atoms with van der Waals surface area (Å²) in [6.45, 7) is 0. The van der Waals surface area contributed by atoms with Gasteiger partial charge in [0, 0.05) is 17.2 Å². The lowest BCUT2D eigenvalue weighted by Crippen LogP contribution is -1.90. The summed E-state index contributed by atoms with van der Waals surface area (Å²) in [6, 6.07) is 8.22. The van der Waals surface area contributed by atoms with E-state index >= 15 is 0 Å².